The van der Waals surface area contributed by atoms with Crippen molar-refractivity contribution in [1.29, 1.82) is 0 Å². The number of hydrogen-bond acceptors (Lipinski definition) is 5. The smallest absolute Gasteiger partial charge is 0.324 e. The number of amides is 1. The summed E-state index contributed by atoms with van der Waals surface area (Å²) in [6.45, 7) is 2.19. The van der Waals surface area contributed by atoms with E-state index in [1.54, 1.807) is 6.92 Å². The first-order valence-electron chi connectivity index (χ1n) is 6.41. The van der Waals surface area contributed by atoms with Crippen LogP contribution in [0.15, 0.2) is 0 Å². The standard InChI is InChI=1S/C12H22N2O3S/c1-2-17-12(16)10(8-18)14(7-11(13)15)9-5-3-4-6-9/h9-10,18H,2-8H2,1H3,(H2,13,15)/t10-/m0/s1. The SMILES string of the molecule is CCOC(=O)[C@H](CS)N(CC(N)=O)C1CCCC1. The molecule has 1 aliphatic rings. The molecule has 1 amide bonds. The topological polar surface area (TPSA) is 72.6 Å². The van der Waals surface area contributed by atoms with Gasteiger partial charge in [-0.25, -0.2) is 0 Å². The molecule has 1 fully saturated rings. The number of carbonyl (C=O) groups excluding carboxylic acids is 2. The Bertz CT molecular complexity index is 293. The van der Waals surface area contributed by atoms with E-state index < -0.39 is 11.9 Å². The lowest BCUT2D eigenvalue weighted by atomic mass is 10.1. The third-order valence-corrected chi connectivity index (χ3v) is 3.61. The van der Waals surface area contributed by atoms with E-state index in [-0.39, 0.29) is 18.6 Å². The molecule has 0 aliphatic heterocycles. The molecular weight excluding hydrogens is 252 g/mol. The molecule has 0 bridgehead atoms. The summed E-state index contributed by atoms with van der Waals surface area (Å²) < 4.78 is 5.04. The van der Waals surface area contributed by atoms with Crippen molar-refractivity contribution < 1.29 is 14.3 Å². The van der Waals surface area contributed by atoms with E-state index in [1.165, 1.54) is 0 Å². The Labute approximate surface area is 113 Å². The predicted molar refractivity (Wildman–Crippen MR) is 72.4 cm³/mol. The van der Waals surface area contributed by atoms with Crippen molar-refractivity contribution in [3.05, 3.63) is 0 Å². The number of rotatable bonds is 7. The molecule has 104 valence electrons. The Balaban J connectivity index is 2.77. The molecule has 1 rings (SSSR count). The maximum Gasteiger partial charge on any atom is 0.324 e. The van der Waals surface area contributed by atoms with E-state index in [4.69, 9.17) is 10.5 Å². The minimum Gasteiger partial charge on any atom is -0.465 e. The van der Waals surface area contributed by atoms with Crippen LogP contribution in [0.25, 0.3) is 0 Å². The summed E-state index contributed by atoms with van der Waals surface area (Å²) >= 11 is 4.21. The van der Waals surface area contributed by atoms with Crippen molar-refractivity contribution in [2.45, 2.75) is 44.7 Å². The van der Waals surface area contributed by atoms with E-state index >= 15 is 0 Å². The molecular formula is C12H22N2O3S. The Kier molecular flexibility index (Phi) is 6.49. The number of ether oxygens (including phenoxy) is 1. The highest BCUT2D eigenvalue weighted by atomic mass is 32.1. The Morgan fingerprint density at radius 1 is 1.44 bits per heavy atom. The monoisotopic (exact) mass is 274 g/mol. The fourth-order valence-electron chi connectivity index (χ4n) is 2.46. The number of nitrogens with zero attached hydrogens (tertiary/aromatic N) is 1. The number of hydrogen-bond donors (Lipinski definition) is 2. The van der Waals surface area contributed by atoms with Gasteiger partial charge in [-0.3, -0.25) is 14.5 Å². The molecule has 0 heterocycles. The van der Waals surface area contributed by atoms with Gasteiger partial charge < -0.3 is 10.5 Å². The molecule has 2 N–H and O–H groups in total. The van der Waals surface area contributed by atoms with Gasteiger partial charge in [0.05, 0.1) is 13.2 Å². The highest BCUT2D eigenvalue weighted by molar-refractivity contribution is 7.80. The Morgan fingerprint density at radius 3 is 2.50 bits per heavy atom. The Hall–Kier alpha value is -0.750. The summed E-state index contributed by atoms with van der Waals surface area (Å²) in [5, 5.41) is 0. The zero-order chi connectivity index (χ0) is 13.5. The largest absolute Gasteiger partial charge is 0.465 e. The lowest BCUT2D eigenvalue weighted by Crippen LogP contribution is -2.51. The van der Waals surface area contributed by atoms with Crippen LogP contribution in [-0.2, 0) is 14.3 Å². The predicted octanol–water partition coefficient (Wildman–Crippen LogP) is 0.578. The van der Waals surface area contributed by atoms with Crippen molar-refractivity contribution in [1.82, 2.24) is 4.90 Å². The molecule has 1 saturated carbocycles. The molecule has 6 heteroatoms. The number of thiol groups is 1. The average molecular weight is 274 g/mol. The van der Waals surface area contributed by atoms with Crippen molar-refractivity contribution in [3.8, 4) is 0 Å². The van der Waals surface area contributed by atoms with E-state index in [2.05, 4.69) is 12.6 Å². The van der Waals surface area contributed by atoms with Gasteiger partial charge in [0.25, 0.3) is 0 Å². The molecule has 1 atom stereocenters. The second kappa shape index (κ2) is 7.63. The van der Waals surface area contributed by atoms with Crippen molar-refractivity contribution in [2.75, 3.05) is 18.9 Å². The van der Waals surface area contributed by atoms with Gasteiger partial charge in [-0.2, -0.15) is 12.6 Å². The molecule has 18 heavy (non-hydrogen) atoms. The van der Waals surface area contributed by atoms with E-state index in [9.17, 15) is 9.59 Å². The molecule has 0 radical (unpaired) electrons. The molecule has 0 aromatic carbocycles. The van der Waals surface area contributed by atoms with E-state index in [0.29, 0.717) is 12.4 Å². The van der Waals surface area contributed by atoms with Crippen molar-refractivity contribution in [3.63, 3.8) is 0 Å². The highest BCUT2D eigenvalue weighted by Crippen LogP contribution is 2.25. The van der Waals surface area contributed by atoms with Crippen molar-refractivity contribution in [2.24, 2.45) is 5.73 Å². The fourth-order valence-corrected chi connectivity index (χ4v) is 2.82. The van der Waals surface area contributed by atoms with Crippen LogP contribution in [0, 0.1) is 0 Å². The number of nitrogens with two attached hydrogens (primary N) is 1. The summed E-state index contributed by atoms with van der Waals surface area (Å²) in [6.07, 6.45) is 4.25. The average Bonchev–Trinajstić information content (AvgIpc) is 2.81. The third-order valence-electron chi connectivity index (χ3n) is 3.26. The van der Waals surface area contributed by atoms with Gasteiger partial charge in [0.2, 0.25) is 5.91 Å². The van der Waals surface area contributed by atoms with Gasteiger partial charge in [0, 0.05) is 11.8 Å². The van der Waals surface area contributed by atoms with Gasteiger partial charge in [0.1, 0.15) is 6.04 Å². The summed E-state index contributed by atoms with van der Waals surface area (Å²) in [7, 11) is 0. The molecule has 0 aromatic heterocycles. The highest BCUT2D eigenvalue weighted by Gasteiger charge is 2.33. The van der Waals surface area contributed by atoms with Crippen LogP contribution in [0.5, 0.6) is 0 Å². The number of esters is 1. The maximum atomic E-state index is 11.9. The second-order valence-electron chi connectivity index (χ2n) is 4.53. The summed E-state index contributed by atoms with van der Waals surface area (Å²) in [5.74, 6) is -0.401. The third kappa shape index (κ3) is 4.17. The summed E-state index contributed by atoms with van der Waals surface area (Å²) in [6, 6.07) is -0.247. The molecule has 0 aromatic rings. The second-order valence-corrected chi connectivity index (χ2v) is 4.89. The normalized spacial score (nSPS) is 17.9. The lowest BCUT2D eigenvalue weighted by Gasteiger charge is -2.33. The Morgan fingerprint density at radius 2 is 2.06 bits per heavy atom. The molecule has 0 saturated heterocycles. The van der Waals surface area contributed by atoms with Gasteiger partial charge in [-0.1, -0.05) is 12.8 Å². The van der Waals surface area contributed by atoms with Crippen LogP contribution in [0.4, 0.5) is 0 Å². The first kappa shape index (κ1) is 15.3. The van der Waals surface area contributed by atoms with Crippen LogP contribution in [0.1, 0.15) is 32.6 Å². The first-order chi connectivity index (χ1) is 8.60. The van der Waals surface area contributed by atoms with Gasteiger partial charge in [-0.15, -0.1) is 0 Å². The zero-order valence-corrected chi connectivity index (χ0v) is 11.7. The van der Waals surface area contributed by atoms with Crippen LogP contribution in [-0.4, -0.2) is 47.8 Å². The minimum atomic E-state index is -0.483. The van der Waals surface area contributed by atoms with Crippen molar-refractivity contribution >= 4 is 24.5 Å². The first-order valence-corrected chi connectivity index (χ1v) is 7.05. The summed E-state index contributed by atoms with van der Waals surface area (Å²) in [5.41, 5.74) is 5.27. The molecule has 0 spiro atoms. The lowest BCUT2D eigenvalue weighted by molar-refractivity contribution is -0.150. The molecule has 1 aliphatic carbocycles. The van der Waals surface area contributed by atoms with Gasteiger partial charge in [0.15, 0.2) is 0 Å². The number of carbonyl (C=O) groups is 2. The zero-order valence-electron chi connectivity index (χ0n) is 10.8. The maximum absolute atomic E-state index is 11.9. The van der Waals surface area contributed by atoms with Crippen LogP contribution >= 0.6 is 12.6 Å². The molecule has 5 nitrogen and oxygen atoms in total. The van der Waals surface area contributed by atoms with Gasteiger partial charge in [-0.05, 0) is 19.8 Å². The fraction of sp³-hybridized carbons (Fsp3) is 0.833. The van der Waals surface area contributed by atoms with E-state index in [0.717, 1.165) is 25.7 Å². The quantitative estimate of drug-likeness (QED) is 0.526. The molecule has 0 unspecified atom stereocenters. The van der Waals surface area contributed by atoms with Crippen LogP contribution in [0.2, 0.25) is 0 Å². The minimum absolute atomic E-state index is 0.0920. The van der Waals surface area contributed by atoms with Crippen LogP contribution in [0.3, 0.4) is 0 Å². The number of primary amides is 1. The van der Waals surface area contributed by atoms with Crippen LogP contribution < -0.4 is 5.73 Å². The summed E-state index contributed by atoms with van der Waals surface area (Å²) in [4.78, 5) is 24.9. The van der Waals surface area contributed by atoms with Gasteiger partial charge >= 0.3 is 5.97 Å². The van der Waals surface area contributed by atoms with E-state index in [1.807, 2.05) is 4.90 Å².